The number of halogens is 1. The predicted octanol–water partition coefficient (Wildman–Crippen LogP) is 1.72. The highest BCUT2D eigenvalue weighted by Gasteiger charge is 2.01. The van der Waals surface area contributed by atoms with E-state index in [2.05, 4.69) is 20.8 Å². The van der Waals surface area contributed by atoms with Gasteiger partial charge < -0.3 is 15.2 Å². The molecule has 0 saturated heterocycles. The Hall–Kier alpha value is -2.37. The Bertz CT molecular complexity index is 554. The Morgan fingerprint density at radius 1 is 1.35 bits per heavy atom. The van der Waals surface area contributed by atoms with E-state index in [1.807, 2.05) is 6.07 Å². The van der Waals surface area contributed by atoms with Crippen molar-refractivity contribution in [3.8, 4) is 0 Å². The molecule has 0 unspecified atom stereocenters. The Balaban J connectivity index is 1.74. The van der Waals surface area contributed by atoms with Crippen LogP contribution in [0.5, 0.6) is 0 Å². The largest absolute Gasteiger partial charge is 0.364 e. The average molecular weight is 276 g/mol. The zero-order chi connectivity index (χ0) is 14.2. The fourth-order valence-electron chi connectivity index (χ4n) is 1.74. The molecule has 2 rings (SSSR count). The third-order valence-corrected chi connectivity index (χ3v) is 2.75. The lowest BCUT2D eigenvalue weighted by molar-refractivity contribution is 0.410. The predicted molar refractivity (Wildman–Crippen MR) is 74.8 cm³/mol. The minimum Gasteiger partial charge on any atom is -0.364 e. The Kier molecular flexibility index (Phi) is 5.11. The zero-order valence-electron chi connectivity index (χ0n) is 11.3. The van der Waals surface area contributed by atoms with Gasteiger partial charge in [0.2, 0.25) is 0 Å². The maximum atomic E-state index is 13.0. The van der Waals surface area contributed by atoms with Gasteiger partial charge in [-0.3, -0.25) is 4.99 Å². The molecule has 0 aliphatic carbocycles. The van der Waals surface area contributed by atoms with E-state index in [9.17, 15) is 4.39 Å². The summed E-state index contributed by atoms with van der Waals surface area (Å²) < 4.78 is 17.8. The van der Waals surface area contributed by atoms with Crippen molar-refractivity contribution in [3.63, 3.8) is 0 Å². The molecule has 2 N–H and O–H groups in total. The van der Waals surface area contributed by atoms with E-state index in [-0.39, 0.29) is 5.82 Å². The van der Waals surface area contributed by atoms with Crippen molar-refractivity contribution in [1.82, 2.24) is 15.8 Å². The van der Waals surface area contributed by atoms with E-state index in [1.165, 1.54) is 18.4 Å². The number of hydrogen-bond donors (Lipinski definition) is 2. The lowest BCUT2D eigenvalue weighted by atomic mass is 10.1. The second-order valence-corrected chi connectivity index (χ2v) is 4.22. The van der Waals surface area contributed by atoms with Gasteiger partial charge >= 0.3 is 0 Å². The first-order valence-electron chi connectivity index (χ1n) is 6.36. The number of benzene rings is 1. The van der Waals surface area contributed by atoms with E-state index in [0.29, 0.717) is 19.0 Å². The third kappa shape index (κ3) is 4.38. The summed E-state index contributed by atoms with van der Waals surface area (Å²) in [4.78, 5) is 4.10. The number of hydrogen-bond acceptors (Lipinski definition) is 3. The second-order valence-electron chi connectivity index (χ2n) is 4.22. The van der Waals surface area contributed by atoms with Gasteiger partial charge in [0, 0.05) is 19.7 Å². The number of rotatable bonds is 5. The summed E-state index contributed by atoms with van der Waals surface area (Å²) >= 11 is 0. The fraction of sp³-hybridized carbons (Fsp3) is 0.286. The van der Waals surface area contributed by atoms with Crippen molar-refractivity contribution in [3.05, 3.63) is 53.7 Å². The van der Waals surface area contributed by atoms with Crippen LogP contribution in [0.15, 0.2) is 46.1 Å². The number of nitrogens with zero attached hydrogens (tertiary/aromatic N) is 2. The minimum atomic E-state index is -0.212. The molecule has 6 heteroatoms. The van der Waals surface area contributed by atoms with Gasteiger partial charge in [0.1, 0.15) is 17.8 Å². The highest BCUT2D eigenvalue weighted by Crippen LogP contribution is 2.03. The maximum Gasteiger partial charge on any atom is 0.191 e. The molecule has 0 aliphatic rings. The molecule has 0 saturated carbocycles. The molecular weight excluding hydrogens is 259 g/mol. The Morgan fingerprint density at radius 3 is 2.95 bits per heavy atom. The van der Waals surface area contributed by atoms with E-state index in [1.54, 1.807) is 19.2 Å². The first-order valence-corrected chi connectivity index (χ1v) is 6.36. The molecule has 0 radical (unpaired) electrons. The minimum absolute atomic E-state index is 0.212. The van der Waals surface area contributed by atoms with Crippen LogP contribution in [0, 0.1) is 5.82 Å². The Morgan fingerprint density at radius 2 is 2.25 bits per heavy atom. The number of aliphatic imine (C=N–C) groups is 1. The van der Waals surface area contributed by atoms with Crippen LogP contribution in [-0.4, -0.2) is 24.7 Å². The van der Waals surface area contributed by atoms with Gasteiger partial charge in [-0.25, -0.2) is 4.39 Å². The average Bonchev–Trinajstić information content (AvgIpc) is 2.96. The van der Waals surface area contributed by atoms with Gasteiger partial charge in [-0.05, 0) is 24.1 Å². The summed E-state index contributed by atoms with van der Waals surface area (Å²) in [6.45, 7) is 1.21. The van der Waals surface area contributed by atoms with Gasteiger partial charge in [-0.1, -0.05) is 17.3 Å². The summed E-state index contributed by atoms with van der Waals surface area (Å²) in [5.74, 6) is 0.459. The molecule has 0 atom stereocenters. The molecule has 1 heterocycles. The summed E-state index contributed by atoms with van der Waals surface area (Å²) in [6.07, 6.45) is 2.25. The molecule has 0 spiro atoms. The van der Waals surface area contributed by atoms with Crippen molar-refractivity contribution < 1.29 is 8.91 Å². The molecule has 0 aliphatic heterocycles. The van der Waals surface area contributed by atoms with Crippen molar-refractivity contribution in [1.29, 1.82) is 0 Å². The first kappa shape index (κ1) is 14.0. The maximum absolute atomic E-state index is 13.0. The van der Waals surface area contributed by atoms with Crippen LogP contribution in [0.2, 0.25) is 0 Å². The SMILES string of the molecule is CN=C(NCCc1cccc(F)c1)NCc1ccon1. The van der Waals surface area contributed by atoms with E-state index in [0.717, 1.165) is 17.7 Å². The second kappa shape index (κ2) is 7.28. The van der Waals surface area contributed by atoms with Crippen molar-refractivity contribution >= 4 is 5.96 Å². The van der Waals surface area contributed by atoms with Crippen LogP contribution < -0.4 is 10.6 Å². The van der Waals surface area contributed by atoms with Gasteiger partial charge in [0.25, 0.3) is 0 Å². The van der Waals surface area contributed by atoms with E-state index >= 15 is 0 Å². The van der Waals surface area contributed by atoms with Crippen LogP contribution in [0.3, 0.4) is 0 Å². The van der Waals surface area contributed by atoms with Crippen molar-refractivity contribution in [2.45, 2.75) is 13.0 Å². The monoisotopic (exact) mass is 276 g/mol. The molecule has 20 heavy (non-hydrogen) atoms. The highest BCUT2D eigenvalue weighted by atomic mass is 19.1. The van der Waals surface area contributed by atoms with E-state index in [4.69, 9.17) is 4.52 Å². The van der Waals surface area contributed by atoms with Gasteiger partial charge in [-0.2, -0.15) is 0 Å². The summed E-state index contributed by atoms with van der Waals surface area (Å²) in [6, 6.07) is 8.37. The van der Waals surface area contributed by atoms with Gasteiger partial charge in [-0.15, -0.1) is 0 Å². The summed E-state index contributed by atoms with van der Waals surface area (Å²) in [5.41, 5.74) is 1.75. The quantitative estimate of drug-likeness (QED) is 0.645. The highest BCUT2D eigenvalue weighted by molar-refractivity contribution is 5.79. The topological polar surface area (TPSA) is 62.5 Å². The molecular formula is C14H17FN4O. The van der Waals surface area contributed by atoms with Gasteiger partial charge in [0.15, 0.2) is 5.96 Å². The first-order chi connectivity index (χ1) is 9.78. The summed E-state index contributed by atoms with van der Waals surface area (Å²) in [7, 11) is 1.69. The van der Waals surface area contributed by atoms with Crippen LogP contribution in [0.1, 0.15) is 11.3 Å². The Labute approximate surface area is 116 Å². The number of nitrogens with one attached hydrogen (secondary N) is 2. The normalized spacial score (nSPS) is 11.4. The fourth-order valence-corrected chi connectivity index (χ4v) is 1.74. The zero-order valence-corrected chi connectivity index (χ0v) is 11.3. The molecule has 1 aromatic heterocycles. The molecule has 0 bridgehead atoms. The lowest BCUT2D eigenvalue weighted by Crippen LogP contribution is -2.37. The van der Waals surface area contributed by atoms with Crippen LogP contribution >= 0.6 is 0 Å². The van der Waals surface area contributed by atoms with Crippen LogP contribution in [0.25, 0.3) is 0 Å². The molecule has 1 aromatic carbocycles. The molecule has 0 fully saturated rings. The molecule has 5 nitrogen and oxygen atoms in total. The lowest BCUT2D eigenvalue weighted by Gasteiger charge is -2.10. The van der Waals surface area contributed by atoms with E-state index < -0.39 is 0 Å². The van der Waals surface area contributed by atoms with Gasteiger partial charge in [0.05, 0.1) is 6.54 Å². The summed E-state index contributed by atoms with van der Waals surface area (Å²) in [5, 5.41) is 10.1. The molecule has 2 aromatic rings. The van der Waals surface area contributed by atoms with Crippen molar-refractivity contribution in [2.24, 2.45) is 4.99 Å². The molecule has 0 amide bonds. The molecule has 106 valence electrons. The van der Waals surface area contributed by atoms with Crippen LogP contribution in [0.4, 0.5) is 4.39 Å². The number of aromatic nitrogens is 1. The smallest absolute Gasteiger partial charge is 0.191 e. The number of guanidine groups is 1. The third-order valence-electron chi connectivity index (χ3n) is 2.75. The van der Waals surface area contributed by atoms with Crippen LogP contribution in [-0.2, 0) is 13.0 Å². The van der Waals surface area contributed by atoms with Crippen molar-refractivity contribution in [2.75, 3.05) is 13.6 Å². The standard InChI is InChI=1S/C14H17FN4O/c1-16-14(18-10-13-6-8-20-19-13)17-7-5-11-3-2-4-12(15)9-11/h2-4,6,8-9H,5,7,10H2,1H3,(H2,16,17,18).